The lowest BCUT2D eigenvalue weighted by atomic mass is 10.1. The van der Waals surface area contributed by atoms with Gasteiger partial charge >= 0.3 is 5.97 Å². The van der Waals surface area contributed by atoms with Crippen LogP contribution < -0.4 is 9.47 Å². The molecular weight excluding hydrogens is 667 g/mol. The molecule has 1 heterocycles. The summed E-state index contributed by atoms with van der Waals surface area (Å²) in [4.78, 5) is 27.3. The molecule has 1 aliphatic rings. The van der Waals surface area contributed by atoms with Gasteiger partial charge in [0, 0.05) is 16.6 Å². The molecule has 3 aromatic rings. The van der Waals surface area contributed by atoms with Crippen LogP contribution in [0, 0.1) is 13.7 Å². The summed E-state index contributed by atoms with van der Waals surface area (Å²) < 4.78 is 18.9. The molecule has 36 heavy (non-hydrogen) atoms. The van der Waals surface area contributed by atoms with Crippen molar-refractivity contribution in [1.29, 1.82) is 0 Å². The van der Waals surface area contributed by atoms with Gasteiger partial charge in [0.25, 0.3) is 5.69 Å². The number of non-ortho nitro benzene ring substituents is 1. The van der Waals surface area contributed by atoms with E-state index in [4.69, 9.17) is 25.8 Å². The summed E-state index contributed by atoms with van der Waals surface area (Å²) in [6.07, 6.45) is 1.55. The second-order valence-corrected chi connectivity index (χ2v) is 9.92. The molecule has 0 unspecified atom stereocenters. The molecule has 0 aliphatic carbocycles. The first-order valence-electron chi connectivity index (χ1n) is 10.6. The largest absolute Gasteiger partial charge is 0.490 e. The lowest BCUT2D eigenvalue weighted by Crippen LogP contribution is -2.06. The smallest absolute Gasteiger partial charge is 0.363 e. The molecule has 3 aromatic carbocycles. The number of hydrogen-bond donors (Lipinski definition) is 0. The molecule has 0 bridgehead atoms. The van der Waals surface area contributed by atoms with E-state index in [1.165, 1.54) is 18.2 Å². The summed E-state index contributed by atoms with van der Waals surface area (Å²) in [5.41, 5.74) is 1.62. The summed E-state index contributed by atoms with van der Waals surface area (Å²) >= 11 is 11.7. The number of halogens is 3. The van der Waals surface area contributed by atoms with Gasteiger partial charge in [-0.25, -0.2) is 9.79 Å². The normalized spacial score (nSPS) is 13.9. The highest BCUT2D eigenvalue weighted by Crippen LogP contribution is 2.36. The fraction of sp³-hybridized carbons (Fsp3) is 0.120. The molecule has 8 nitrogen and oxygen atoms in total. The predicted molar refractivity (Wildman–Crippen MR) is 148 cm³/mol. The topological polar surface area (TPSA) is 100 Å². The van der Waals surface area contributed by atoms with Gasteiger partial charge in [0.1, 0.15) is 6.61 Å². The fourth-order valence-corrected chi connectivity index (χ4v) is 4.53. The maximum atomic E-state index is 12.5. The minimum atomic E-state index is -0.698. The van der Waals surface area contributed by atoms with Crippen LogP contribution in [0.2, 0.25) is 5.02 Å². The molecule has 184 valence electrons. The van der Waals surface area contributed by atoms with E-state index in [9.17, 15) is 14.9 Å². The molecule has 4 rings (SSSR count). The third-order valence-corrected chi connectivity index (χ3v) is 6.60. The van der Waals surface area contributed by atoms with Gasteiger partial charge in [-0.1, -0.05) is 39.7 Å². The van der Waals surface area contributed by atoms with Gasteiger partial charge in [0.15, 0.2) is 17.2 Å². The first-order valence-corrected chi connectivity index (χ1v) is 12.8. The van der Waals surface area contributed by atoms with Gasteiger partial charge in [0.2, 0.25) is 5.90 Å². The van der Waals surface area contributed by atoms with E-state index in [-0.39, 0.29) is 27.9 Å². The molecule has 0 aromatic heterocycles. The summed E-state index contributed by atoms with van der Waals surface area (Å²) in [6, 6.07) is 15.2. The Hall–Kier alpha value is -2.96. The molecule has 0 saturated carbocycles. The second kappa shape index (κ2) is 11.4. The number of ether oxygens (including phenoxy) is 3. The number of benzene rings is 3. The van der Waals surface area contributed by atoms with Crippen molar-refractivity contribution in [2.75, 3.05) is 6.61 Å². The number of nitrogens with zero attached hydrogens (tertiary/aromatic N) is 2. The number of carbonyl (C=O) groups is 1. The van der Waals surface area contributed by atoms with Crippen LogP contribution in [0.1, 0.15) is 23.6 Å². The lowest BCUT2D eigenvalue weighted by molar-refractivity contribution is -0.384. The second-order valence-electron chi connectivity index (χ2n) is 7.44. The van der Waals surface area contributed by atoms with Gasteiger partial charge in [-0.2, -0.15) is 0 Å². The van der Waals surface area contributed by atoms with Crippen molar-refractivity contribution in [3.05, 3.63) is 100 Å². The van der Waals surface area contributed by atoms with Crippen molar-refractivity contribution in [3.8, 4) is 11.5 Å². The molecule has 0 radical (unpaired) electrons. The maximum absolute atomic E-state index is 12.5. The van der Waals surface area contributed by atoms with Crippen LogP contribution in [-0.2, 0) is 16.1 Å². The molecule has 0 spiro atoms. The van der Waals surface area contributed by atoms with E-state index >= 15 is 0 Å². The molecule has 0 saturated heterocycles. The number of esters is 1. The Morgan fingerprint density at radius 1 is 1.17 bits per heavy atom. The van der Waals surface area contributed by atoms with Crippen LogP contribution in [0.3, 0.4) is 0 Å². The number of rotatable bonds is 8. The van der Waals surface area contributed by atoms with Crippen molar-refractivity contribution >= 4 is 73.8 Å². The van der Waals surface area contributed by atoms with Crippen LogP contribution in [-0.4, -0.2) is 23.4 Å². The zero-order valence-corrected chi connectivity index (χ0v) is 23.2. The van der Waals surface area contributed by atoms with Crippen molar-refractivity contribution in [2.45, 2.75) is 13.5 Å². The minimum absolute atomic E-state index is 0.0225. The van der Waals surface area contributed by atoms with Gasteiger partial charge in [-0.15, -0.1) is 0 Å². The van der Waals surface area contributed by atoms with Crippen LogP contribution in [0.5, 0.6) is 11.5 Å². The van der Waals surface area contributed by atoms with Gasteiger partial charge in [-0.3, -0.25) is 10.1 Å². The molecule has 0 amide bonds. The average Bonchev–Trinajstić information content (AvgIpc) is 3.19. The standard InChI is InChI=1S/C25H17BrClIN2O6/c1-2-34-22-11-15(9-20(28)23(22)35-13-14-3-5-16(26)6-4-14)10-21-25(31)36-24(29-21)18-12-17(30(32)33)7-8-19(18)27/h3-12H,2,13H2,1H3/b21-10-. The third-order valence-electron chi connectivity index (χ3n) is 4.94. The number of hydrogen-bond acceptors (Lipinski definition) is 7. The van der Waals surface area contributed by atoms with Crippen molar-refractivity contribution < 1.29 is 23.9 Å². The van der Waals surface area contributed by atoms with Crippen LogP contribution in [0.25, 0.3) is 6.08 Å². The third kappa shape index (κ3) is 6.05. The van der Waals surface area contributed by atoms with E-state index in [1.54, 1.807) is 12.1 Å². The molecule has 0 N–H and O–H groups in total. The first kappa shape index (κ1) is 26.1. The van der Waals surface area contributed by atoms with Crippen molar-refractivity contribution in [3.63, 3.8) is 0 Å². The number of nitro benzene ring substituents is 1. The predicted octanol–water partition coefficient (Wildman–Crippen LogP) is 6.94. The monoisotopic (exact) mass is 682 g/mol. The van der Waals surface area contributed by atoms with E-state index < -0.39 is 10.9 Å². The molecular formula is C25H17BrClIN2O6. The van der Waals surface area contributed by atoms with Gasteiger partial charge in [0.05, 0.1) is 25.7 Å². The molecule has 0 atom stereocenters. The lowest BCUT2D eigenvalue weighted by Gasteiger charge is -2.15. The highest BCUT2D eigenvalue weighted by molar-refractivity contribution is 14.1. The number of nitro groups is 1. The summed E-state index contributed by atoms with van der Waals surface area (Å²) in [6.45, 7) is 2.64. The zero-order valence-electron chi connectivity index (χ0n) is 18.7. The molecule has 1 aliphatic heterocycles. The minimum Gasteiger partial charge on any atom is -0.490 e. The molecule has 0 fully saturated rings. The Bertz CT molecular complexity index is 1410. The average molecular weight is 684 g/mol. The first-order chi connectivity index (χ1) is 17.2. The summed E-state index contributed by atoms with van der Waals surface area (Å²) in [5.74, 6) is 0.306. The quantitative estimate of drug-likeness (QED) is 0.0839. The number of cyclic esters (lactones) is 1. The van der Waals surface area contributed by atoms with Crippen molar-refractivity contribution in [2.24, 2.45) is 4.99 Å². The van der Waals surface area contributed by atoms with Gasteiger partial charge < -0.3 is 14.2 Å². The maximum Gasteiger partial charge on any atom is 0.363 e. The highest BCUT2D eigenvalue weighted by Gasteiger charge is 2.27. The van der Waals surface area contributed by atoms with Gasteiger partial charge in [-0.05, 0) is 77.0 Å². The van der Waals surface area contributed by atoms with Crippen LogP contribution in [0.4, 0.5) is 5.69 Å². The highest BCUT2D eigenvalue weighted by atomic mass is 127. The SMILES string of the molecule is CCOc1cc(/C=C2\N=C(c3cc([N+](=O)[O-])ccc3Cl)OC2=O)cc(I)c1OCc1ccc(Br)cc1. The Kier molecular flexibility index (Phi) is 8.27. The van der Waals surface area contributed by atoms with E-state index in [0.29, 0.717) is 30.3 Å². The zero-order chi connectivity index (χ0) is 25.8. The Morgan fingerprint density at radius 3 is 2.61 bits per heavy atom. The summed E-state index contributed by atoms with van der Waals surface area (Å²) in [7, 11) is 0. The fourth-order valence-electron chi connectivity index (χ4n) is 3.28. The molecule has 11 heteroatoms. The van der Waals surface area contributed by atoms with Crippen LogP contribution >= 0.6 is 50.1 Å². The Morgan fingerprint density at radius 2 is 1.92 bits per heavy atom. The van der Waals surface area contributed by atoms with E-state index in [1.807, 2.05) is 37.3 Å². The number of aliphatic imine (C=N–C) groups is 1. The summed E-state index contributed by atoms with van der Waals surface area (Å²) in [5, 5.41) is 11.3. The Balaban J connectivity index is 1.63. The van der Waals surface area contributed by atoms with E-state index in [0.717, 1.165) is 13.6 Å². The Labute approximate surface area is 233 Å². The van der Waals surface area contributed by atoms with Crippen LogP contribution in [0.15, 0.2) is 69.8 Å². The van der Waals surface area contributed by atoms with E-state index in [2.05, 4.69) is 43.5 Å². The number of carbonyl (C=O) groups excluding carboxylic acids is 1. The van der Waals surface area contributed by atoms with Crippen molar-refractivity contribution in [1.82, 2.24) is 0 Å².